The van der Waals surface area contributed by atoms with E-state index < -0.39 is 0 Å². The fourth-order valence-corrected chi connectivity index (χ4v) is 5.05. The summed E-state index contributed by atoms with van der Waals surface area (Å²) in [5.74, 6) is 0. The van der Waals surface area contributed by atoms with Gasteiger partial charge in [-0.3, -0.25) is 0 Å². The van der Waals surface area contributed by atoms with Crippen LogP contribution in [0.2, 0.25) is 0 Å². The Bertz CT molecular complexity index is 356. The third-order valence-corrected chi connectivity index (χ3v) is 7.30. The van der Waals surface area contributed by atoms with Crippen LogP contribution < -0.4 is 0 Å². The average molecular weight is 439 g/mol. The Morgan fingerprint density at radius 2 is 0.968 bits per heavy atom. The van der Waals surface area contributed by atoms with Crippen molar-refractivity contribution in [1.29, 1.82) is 0 Å². The fourth-order valence-electron chi connectivity index (χ4n) is 5.05. The van der Waals surface area contributed by atoms with Crippen LogP contribution in [0, 0.1) is 0 Å². The van der Waals surface area contributed by atoms with Crippen LogP contribution in [-0.2, 0) is 14.2 Å². The topological polar surface area (TPSA) is 27.7 Å². The maximum Gasteiger partial charge on any atom is 0.0597 e. The van der Waals surface area contributed by atoms with Crippen LogP contribution in [0.15, 0.2) is 0 Å². The molecule has 2 aliphatic rings. The number of unbranched alkanes of at least 4 members (excludes halogenated alkanes) is 8. The van der Waals surface area contributed by atoms with Gasteiger partial charge in [0, 0.05) is 13.2 Å². The molecule has 2 aliphatic heterocycles. The lowest BCUT2D eigenvalue weighted by Crippen LogP contribution is -2.26. The quantitative estimate of drug-likeness (QED) is 0.159. The molecule has 3 heteroatoms. The molecule has 0 bridgehead atoms. The van der Waals surface area contributed by atoms with Crippen LogP contribution in [0.1, 0.15) is 142 Å². The van der Waals surface area contributed by atoms with E-state index in [4.69, 9.17) is 14.2 Å². The van der Waals surface area contributed by atoms with Gasteiger partial charge in [0.15, 0.2) is 0 Å². The van der Waals surface area contributed by atoms with Crippen LogP contribution in [0.25, 0.3) is 0 Å². The van der Waals surface area contributed by atoms with E-state index in [1.165, 1.54) is 128 Å². The third-order valence-electron chi connectivity index (χ3n) is 7.30. The predicted molar refractivity (Wildman–Crippen MR) is 132 cm³/mol. The Morgan fingerprint density at radius 1 is 0.581 bits per heavy atom. The van der Waals surface area contributed by atoms with Gasteiger partial charge in [0.1, 0.15) is 0 Å². The number of hydrogen-bond donors (Lipinski definition) is 0. The molecule has 0 aromatic rings. The first-order valence-electron chi connectivity index (χ1n) is 14.2. The molecule has 31 heavy (non-hydrogen) atoms. The second kappa shape index (κ2) is 18.3. The summed E-state index contributed by atoms with van der Waals surface area (Å²) >= 11 is 0. The zero-order valence-corrected chi connectivity index (χ0v) is 21.1. The van der Waals surface area contributed by atoms with Crippen molar-refractivity contribution in [2.75, 3.05) is 13.2 Å². The lowest BCUT2D eigenvalue weighted by Gasteiger charge is -2.26. The van der Waals surface area contributed by atoms with Gasteiger partial charge >= 0.3 is 0 Å². The molecule has 2 saturated heterocycles. The third kappa shape index (κ3) is 13.2. The van der Waals surface area contributed by atoms with E-state index in [0.717, 1.165) is 13.2 Å². The minimum absolute atomic E-state index is 0.493. The first-order valence-corrected chi connectivity index (χ1v) is 14.2. The maximum atomic E-state index is 6.66. The molecule has 0 aromatic heterocycles. The fraction of sp³-hybridized carbons (Fsp3) is 1.00. The summed E-state index contributed by atoms with van der Waals surface area (Å²) in [6.07, 6.45) is 28.5. The highest BCUT2D eigenvalue weighted by atomic mass is 16.5. The van der Waals surface area contributed by atoms with Gasteiger partial charge in [-0.05, 0) is 51.4 Å². The van der Waals surface area contributed by atoms with Crippen LogP contribution >= 0.6 is 0 Å². The number of ether oxygens (including phenoxy) is 3. The smallest absolute Gasteiger partial charge is 0.0597 e. The second-order valence-electron chi connectivity index (χ2n) is 10.2. The van der Waals surface area contributed by atoms with Crippen LogP contribution in [-0.4, -0.2) is 37.6 Å². The number of rotatable bonds is 22. The minimum atomic E-state index is 0.493. The zero-order chi connectivity index (χ0) is 22.0. The molecule has 0 radical (unpaired) electrons. The predicted octanol–water partition coefficient (Wildman–Crippen LogP) is 8.38. The summed E-state index contributed by atoms with van der Waals surface area (Å²) in [5.41, 5.74) is 0. The van der Waals surface area contributed by atoms with Crippen molar-refractivity contribution >= 4 is 0 Å². The molecule has 0 spiro atoms. The Kier molecular flexibility index (Phi) is 16.0. The van der Waals surface area contributed by atoms with Crippen molar-refractivity contribution < 1.29 is 14.2 Å². The summed E-state index contributed by atoms with van der Waals surface area (Å²) in [7, 11) is 0. The van der Waals surface area contributed by atoms with Gasteiger partial charge in [0.05, 0.1) is 24.4 Å². The molecule has 2 rings (SSSR count). The average Bonchev–Trinajstić information content (AvgIpc) is 2.69. The monoisotopic (exact) mass is 438 g/mol. The van der Waals surface area contributed by atoms with E-state index in [-0.39, 0.29) is 0 Å². The zero-order valence-electron chi connectivity index (χ0n) is 21.1. The standard InChI is InChI=1S/C28H54O3/c1-3-15-27(19-13-9-5-7-11-17-25-21-23-29-25)31-28(16-4-2)20-14-10-6-8-12-18-26-22-24-30-26/h25-28H,3-24H2,1-2H3. The lowest BCUT2D eigenvalue weighted by atomic mass is 10.0. The second-order valence-corrected chi connectivity index (χ2v) is 10.2. The first-order chi connectivity index (χ1) is 15.3. The van der Waals surface area contributed by atoms with Crippen LogP contribution in [0.3, 0.4) is 0 Å². The van der Waals surface area contributed by atoms with Gasteiger partial charge in [-0.2, -0.15) is 0 Å². The van der Waals surface area contributed by atoms with Crippen molar-refractivity contribution in [3.05, 3.63) is 0 Å². The first kappa shape index (κ1) is 27.1. The van der Waals surface area contributed by atoms with E-state index in [1.807, 2.05) is 0 Å². The molecule has 0 amide bonds. The highest BCUT2D eigenvalue weighted by molar-refractivity contribution is 4.68. The largest absolute Gasteiger partial charge is 0.378 e. The van der Waals surface area contributed by atoms with Crippen molar-refractivity contribution in [3.8, 4) is 0 Å². The van der Waals surface area contributed by atoms with Gasteiger partial charge in [0.25, 0.3) is 0 Å². The van der Waals surface area contributed by atoms with Crippen molar-refractivity contribution in [1.82, 2.24) is 0 Å². The maximum absolute atomic E-state index is 6.66. The molecular weight excluding hydrogens is 384 g/mol. The lowest BCUT2D eigenvalue weighted by molar-refractivity contribution is -0.0557. The SMILES string of the molecule is CCCC(CCCCCCCC1CCO1)OC(CCC)CCCCCCCC1CCO1. The van der Waals surface area contributed by atoms with Crippen molar-refractivity contribution in [3.63, 3.8) is 0 Å². The number of hydrogen-bond acceptors (Lipinski definition) is 3. The van der Waals surface area contributed by atoms with Crippen molar-refractivity contribution in [2.45, 2.75) is 167 Å². The molecule has 2 heterocycles. The van der Waals surface area contributed by atoms with E-state index >= 15 is 0 Å². The highest BCUT2D eigenvalue weighted by Gasteiger charge is 2.18. The van der Waals surface area contributed by atoms with Gasteiger partial charge in [0.2, 0.25) is 0 Å². The Balaban J connectivity index is 1.48. The molecule has 4 atom stereocenters. The van der Waals surface area contributed by atoms with Crippen LogP contribution in [0.4, 0.5) is 0 Å². The molecule has 2 fully saturated rings. The normalized spacial score (nSPS) is 22.6. The minimum Gasteiger partial charge on any atom is -0.378 e. The highest BCUT2D eigenvalue weighted by Crippen LogP contribution is 2.23. The van der Waals surface area contributed by atoms with Gasteiger partial charge in [-0.1, -0.05) is 90.9 Å². The van der Waals surface area contributed by atoms with E-state index in [2.05, 4.69) is 13.8 Å². The summed E-state index contributed by atoms with van der Waals surface area (Å²) in [6, 6.07) is 0. The molecule has 0 saturated carbocycles. The summed E-state index contributed by atoms with van der Waals surface area (Å²) in [4.78, 5) is 0. The summed E-state index contributed by atoms with van der Waals surface area (Å²) in [6.45, 7) is 6.61. The summed E-state index contributed by atoms with van der Waals surface area (Å²) < 4.78 is 17.7. The van der Waals surface area contributed by atoms with E-state index in [9.17, 15) is 0 Å². The molecule has 4 unspecified atom stereocenters. The van der Waals surface area contributed by atoms with Crippen molar-refractivity contribution in [2.24, 2.45) is 0 Å². The molecule has 184 valence electrons. The molecule has 0 aromatic carbocycles. The van der Waals surface area contributed by atoms with Gasteiger partial charge in [-0.15, -0.1) is 0 Å². The van der Waals surface area contributed by atoms with E-state index in [0.29, 0.717) is 24.4 Å². The molecular formula is C28H54O3. The molecule has 3 nitrogen and oxygen atoms in total. The summed E-state index contributed by atoms with van der Waals surface area (Å²) in [5, 5.41) is 0. The Labute approximate surface area is 194 Å². The van der Waals surface area contributed by atoms with Crippen LogP contribution in [0.5, 0.6) is 0 Å². The van der Waals surface area contributed by atoms with Gasteiger partial charge < -0.3 is 14.2 Å². The van der Waals surface area contributed by atoms with E-state index in [1.54, 1.807) is 0 Å². The van der Waals surface area contributed by atoms with Gasteiger partial charge in [-0.25, -0.2) is 0 Å². The Hall–Kier alpha value is -0.120. The molecule has 0 N–H and O–H groups in total. The molecule has 0 aliphatic carbocycles. The Morgan fingerprint density at radius 3 is 1.32 bits per heavy atom.